The molecule has 3 heteroatoms. The van der Waals surface area contributed by atoms with Gasteiger partial charge < -0.3 is 8.98 Å². The van der Waals surface area contributed by atoms with Gasteiger partial charge in [0.25, 0.3) is 4.84 Å². The van der Waals surface area contributed by atoms with Crippen molar-refractivity contribution >= 4 is 24.4 Å². The molecule has 1 atom stereocenters. The Morgan fingerprint density at radius 3 is 2.85 bits per heavy atom. The highest BCUT2D eigenvalue weighted by Crippen LogP contribution is 2.20. The van der Waals surface area contributed by atoms with Gasteiger partial charge in [-0.2, -0.15) is 0 Å². The molecule has 1 heterocycles. The van der Waals surface area contributed by atoms with Crippen LogP contribution in [0.15, 0.2) is 16.6 Å². The van der Waals surface area contributed by atoms with Crippen LogP contribution < -0.4 is 0 Å². The quantitative estimate of drug-likeness (QED) is 0.589. The normalized spacial score (nSPS) is 20.0. The third-order valence-corrected chi connectivity index (χ3v) is 2.55. The molecule has 0 bridgehead atoms. The molecule has 1 aromatic rings. The molecule has 1 aliphatic rings. The minimum atomic E-state index is 0.455. The average Bonchev–Trinajstić information content (AvgIpc) is 2.28. The fraction of sp³-hybridized carbons (Fsp3) is 0.300. The van der Waals surface area contributed by atoms with Crippen LogP contribution in [0.2, 0.25) is 0 Å². The van der Waals surface area contributed by atoms with Crippen molar-refractivity contribution in [2.45, 2.75) is 6.92 Å². The summed E-state index contributed by atoms with van der Waals surface area (Å²) >= 11 is 5.02. The largest absolute Gasteiger partial charge is 0.429 e. The lowest BCUT2D eigenvalue weighted by molar-refractivity contribution is 0.515. The van der Waals surface area contributed by atoms with E-state index in [4.69, 9.17) is 16.6 Å². The summed E-state index contributed by atoms with van der Waals surface area (Å²) in [5.41, 5.74) is 1.05. The molecular weight excluding hydrogens is 182 g/mol. The number of fused-ring (bicyclic) bond motifs is 1. The first-order chi connectivity index (χ1) is 6.18. The van der Waals surface area contributed by atoms with Crippen molar-refractivity contribution in [1.29, 1.82) is 0 Å². The van der Waals surface area contributed by atoms with Crippen molar-refractivity contribution in [2.24, 2.45) is 13.0 Å². The number of nitrogens with zero attached hydrogens (tertiary/aromatic N) is 1. The molecule has 0 radical (unpaired) electrons. The van der Waals surface area contributed by atoms with E-state index in [2.05, 4.69) is 25.2 Å². The highest BCUT2D eigenvalue weighted by Gasteiger charge is 2.09. The van der Waals surface area contributed by atoms with Gasteiger partial charge in [0.1, 0.15) is 0 Å². The summed E-state index contributed by atoms with van der Waals surface area (Å²) in [5, 5.41) is 0. The molecule has 68 valence electrons. The van der Waals surface area contributed by atoms with Gasteiger partial charge in [0.05, 0.1) is 5.69 Å². The van der Waals surface area contributed by atoms with Crippen LogP contribution in [0, 0.1) is 10.8 Å². The predicted octanol–water partition coefficient (Wildman–Crippen LogP) is 3.02. The summed E-state index contributed by atoms with van der Waals surface area (Å²) in [6.45, 7) is 2.13. The zero-order valence-electron chi connectivity index (χ0n) is 7.65. The maximum Gasteiger partial charge on any atom is 0.269 e. The van der Waals surface area contributed by atoms with Crippen LogP contribution in [0.5, 0.6) is 0 Å². The molecule has 0 saturated carbocycles. The number of oxazole rings is 1. The third kappa shape index (κ3) is 1.40. The van der Waals surface area contributed by atoms with Crippen molar-refractivity contribution in [3.8, 4) is 0 Å². The molecule has 0 aliphatic heterocycles. The van der Waals surface area contributed by atoms with E-state index in [0.717, 1.165) is 11.5 Å². The molecule has 1 unspecified atom stereocenters. The van der Waals surface area contributed by atoms with E-state index < -0.39 is 0 Å². The molecule has 0 fully saturated rings. The topological polar surface area (TPSA) is 18.1 Å². The minimum Gasteiger partial charge on any atom is -0.429 e. The SMILES string of the molecule is CC1C=Cc2oc(=S)n(C)c2C=C1. The summed E-state index contributed by atoms with van der Waals surface area (Å²) in [4.78, 5) is 0.522. The van der Waals surface area contributed by atoms with Crippen LogP contribution >= 0.6 is 12.2 Å². The Morgan fingerprint density at radius 2 is 2.08 bits per heavy atom. The van der Waals surface area contributed by atoms with Crippen LogP contribution in [-0.4, -0.2) is 4.57 Å². The molecular formula is C10H11NOS. The second-order valence-electron chi connectivity index (χ2n) is 3.25. The van der Waals surface area contributed by atoms with Crippen molar-refractivity contribution in [3.63, 3.8) is 0 Å². The van der Waals surface area contributed by atoms with Gasteiger partial charge in [-0.05, 0) is 30.3 Å². The monoisotopic (exact) mass is 193 g/mol. The third-order valence-electron chi connectivity index (χ3n) is 2.19. The van der Waals surface area contributed by atoms with Gasteiger partial charge in [0.2, 0.25) is 0 Å². The molecule has 1 aliphatic carbocycles. The Kier molecular flexibility index (Phi) is 1.96. The van der Waals surface area contributed by atoms with Crippen LogP contribution in [0.3, 0.4) is 0 Å². The maximum atomic E-state index is 5.40. The molecule has 0 saturated heterocycles. The summed E-state index contributed by atoms with van der Waals surface area (Å²) in [6, 6.07) is 0. The fourth-order valence-electron chi connectivity index (χ4n) is 1.34. The lowest BCUT2D eigenvalue weighted by atomic mass is 10.2. The van der Waals surface area contributed by atoms with Gasteiger partial charge in [-0.25, -0.2) is 0 Å². The van der Waals surface area contributed by atoms with Crippen molar-refractivity contribution in [3.05, 3.63) is 28.4 Å². The molecule has 1 aromatic heterocycles. The van der Waals surface area contributed by atoms with E-state index in [1.54, 1.807) is 0 Å². The Morgan fingerprint density at radius 1 is 1.38 bits per heavy atom. The van der Waals surface area contributed by atoms with Crippen molar-refractivity contribution in [1.82, 2.24) is 4.57 Å². The zero-order chi connectivity index (χ0) is 9.42. The molecule has 0 amide bonds. The van der Waals surface area contributed by atoms with Gasteiger partial charge in [-0.1, -0.05) is 19.1 Å². The van der Waals surface area contributed by atoms with Crippen LogP contribution in [0.25, 0.3) is 12.2 Å². The van der Waals surface area contributed by atoms with Gasteiger partial charge in [-0.3, -0.25) is 0 Å². The van der Waals surface area contributed by atoms with Gasteiger partial charge in [0, 0.05) is 7.05 Å². The Labute approximate surface area is 82.2 Å². The van der Waals surface area contributed by atoms with Crippen molar-refractivity contribution < 1.29 is 4.42 Å². The summed E-state index contributed by atoms with van der Waals surface area (Å²) in [6.07, 6.45) is 8.27. The van der Waals surface area contributed by atoms with Crippen LogP contribution in [-0.2, 0) is 7.05 Å². The lowest BCUT2D eigenvalue weighted by Gasteiger charge is -1.94. The smallest absolute Gasteiger partial charge is 0.269 e. The molecule has 0 N–H and O–H groups in total. The highest BCUT2D eigenvalue weighted by molar-refractivity contribution is 7.71. The number of aromatic nitrogens is 1. The highest BCUT2D eigenvalue weighted by atomic mass is 32.1. The molecule has 2 rings (SSSR count). The molecule has 13 heavy (non-hydrogen) atoms. The Hall–Kier alpha value is -1.09. The van der Waals surface area contributed by atoms with Crippen LogP contribution in [0.1, 0.15) is 18.4 Å². The lowest BCUT2D eigenvalue weighted by Crippen LogP contribution is -1.90. The maximum absolute atomic E-state index is 5.40. The van der Waals surface area contributed by atoms with E-state index in [1.165, 1.54) is 0 Å². The second kappa shape index (κ2) is 3.00. The zero-order valence-corrected chi connectivity index (χ0v) is 8.47. The first kappa shape index (κ1) is 8.51. The number of allylic oxidation sites excluding steroid dienone is 2. The average molecular weight is 193 g/mol. The first-order valence-corrected chi connectivity index (χ1v) is 4.65. The van der Waals surface area contributed by atoms with E-state index in [1.807, 2.05) is 17.7 Å². The second-order valence-corrected chi connectivity index (χ2v) is 3.60. The Balaban J connectivity index is 2.64. The van der Waals surface area contributed by atoms with E-state index in [0.29, 0.717) is 10.8 Å². The van der Waals surface area contributed by atoms with E-state index in [9.17, 15) is 0 Å². The summed E-state index contributed by atoms with van der Waals surface area (Å²) in [7, 11) is 1.92. The van der Waals surface area contributed by atoms with Gasteiger partial charge in [0.15, 0.2) is 5.76 Å². The molecule has 0 spiro atoms. The standard InChI is InChI=1S/C10H11NOS/c1-7-3-5-8-9(6-4-7)12-10(13)11(8)2/h3-7H,1-2H3. The number of hydrogen-bond donors (Lipinski definition) is 0. The minimum absolute atomic E-state index is 0.455. The summed E-state index contributed by atoms with van der Waals surface area (Å²) in [5.74, 6) is 1.31. The van der Waals surface area contributed by atoms with Crippen molar-refractivity contribution in [2.75, 3.05) is 0 Å². The fourth-order valence-corrected chi connectivity index (χ4v) is 1.53. The van der Waals surface area contributed by atoms with E-state index >= 15 is 0 Å². The summed E-state index contributed by atoms with van der Waals surface area (Å²) < 4.78 is 7.28. The number of rotatable bonds is 0. The van der Waals surface area contributed by atoms with E-state index in [-0.39, 0.29) is 0 Å². The van der Waals surface area contributed by atoms with Gasteiger partial charge in [-0.15, -0.1) is 0 Å². The molecule has 2 nitrogen and oxygen atoms in total. The molecule has 0 aromatic carbocycles. The number of hydrogen-bond acceptors (Lipinski definition) is 2. The first-order valence-electron chi connectivity index (χ1n) is 4.24. The predicted molar refractivity (Wildman–Crippen MR) is 55.7 cm³/mol. The Bertz CT molecular complexity index is 436. The van der Waals surface area contributed by atoms with Gasteiger partial charge >= 0.3 is 0 Å². The van der Waals surface area contributed by atoms with Crippen LogP contribution in [0.4, 0.5) is 0 Å².